The third-order valence-electron chi connectivity index (χ3n) is 4.97. The van der Waals surface area contributed by atoms with Crippen LogP contribution in [0.5, 0.6) is 0 Å². The SMILES string of the molecule is O=C(NCC1(C(=O)O)CCCCC1)c1ccc(=O)n(-c2ccccc2F)n1. The number of aliphatic carboxylic acids is 1. The second-order valence-electron chi connectivity index (χ2n) is 6.75. The second kappa shape index (κ2) is 7.69. The van der Waals surface area contributed by atoms with Gasteiger partial charge in [0.2, 0.25) is 0 Å². The molecule has 7 nitrogen and oxygen atoms in total. The molecule has 1 amide bonds. The monoisotopic (exact) mass is 373 g/mol. The highest BCUT2D eigenvalue weighted by atomic mass is 19.1. The zero-order valence-corrected chi connectivity index (χ0v) is 14.7. The average molecular weight is 373 g/mol. The molecule has 2 aromatic rings. The molecule has 2 N–H and O–H groups in total. The molecule has 27 heavy (non-hydrogen) atoms. The van der Waals surface area contributed by atoms with Gasteiger partial charge in [0.25, 0.3) is 11.5 Å². The first kappa shape index (κ1) is 18.8. The zero-order valence-electron chi connectivity index (χ0n) is 14.7. The van der Waals surface area contributed by atoms with Crippen LogP contribution in [0, 0.1) is 11.2 Å². The number of nitrogens with one attached hydrogen (secondary N) is 1. The number of amides is 1. The predicted octanol–water partition coefficient (Wildman–Crippen LogP) is 2.14. The maximum atomic E-state index is 14.0. The number of nitrogens with zero attached hydrogens (tertiary/aromatic N) is 2. The van der Waals surface area contributed by atoms with Crippen LogP contribution in [0.2, 0.25) is 0 Å². The van der Waals surface area contributed by atoms with Crippen LogP contribution in [0.25, 0.3) is 5.69 Å². The quantitative estimate of drug-likeness (QED) is 0.836. The normalized spacial score (nSPS) is 15.9. The van der Waals surface area contributed by atoms with E-state index in [1.807, 2.05) is 0 Å². The Morgan fingerprint density at radius 2 is 1.85 bits per heavy atom. The molecule has 0 saturated heterocycles. The molecule has 1 aliphatic carbocycles. The first-order valence-electron chi connectivity index (χ1n) is 8.80. The van der Waals surface area contributed by atoms with Crippen LogP contribution in [-0.2, 0) is 4.79 Å². The maximum absolute atomic E-state index is 14.0. The Kier molecular flexibility index (Phi) is 5.34. The van der Waals surface area contributed by atoms with Crippen molar-refractivity contribution < 1.29 is 19.1 Å². The van der Waals surface area contributed by atoms with Gasteiger partial charge in [0, 0.05) is 12.6 Å². The van der Waals surface area contributed by atoms with Crippen LogP contribution >= 0.6 is 0 Å². The topological polar surface area (TPSA) is 101 Å². The van der Waals surface area contributed by atoms with Gasteiger partial charge in [0.1, 0.15) is 17.2 Å². The van der Waals surface area contributed by atoms with Crippen LogP contribution in [0.4, 0.5) is 4.39 Å². The number of halogens is 1. The van der Waals surface area contributed by atoms with E-state index in [1.54, 1.807) is 6.07 Å². The average Bonchev–Trinajstić information content (AvgIpc) is 2.68. The van der Waals surface area contributed by atoms with Gasteiger partial charge in [-0.3, -0.25) is 14.4 Å². The number of carboxylic acids is 1. The predicted molar refractivity (Wildman–Crippen MR) is 95.3 cm³/mol. The highest BCUT2D eigenvalue weighted by molar-refractivity contribution is 5.92. The van der Waals surface area contributed by atoms with E-state index in [0.717, 1.165) is 30.0 Å². The molecular formula is C19H20FN3O4. The Labute approximate surface area is 154 Å². The van der Waals surface area contributed by atoms with Gasteiger partial charge in [-0.15, -0.1) is 0 Å². The molecule has 1 heterocycles. The number of hydrogen-bond acceptors (Lipinski definition) is 4. The van der Waals surface area contributed by atoms with Crippen LogP contribution in [0.1, 0.15) is 42.6 Å². The molecule has 0 bridgehead atoms. The molecule has 3 rings (SSSR count). The van der Waals surface area contributed by atoms with E-state index in [2.05, 4.69) is 10.4 Å². The minimum Gasteiger partial charge on any atom is -0.481 e. The fourth-order valence-electron chi connectivity index (χ4n) is 3.36. The Morgan fingerprint density at radius 3 is 2.52 bits per heavy atom. The Bertz CT molecular complexity index is 919. The number of carboxylic acid groups (broad SMARTS) is 1. The molecule has 0 unspecified atom stereocenters. The number of carbonyl (C=O) groups is 2. The molecule has 1 saturated carbocycles. The number of carbonyl (C=O) groups excluding carboxylic acids is 1. The molecule has 1 aromatic carbocycles. The Morgan fingerprint density at radius 1 is 1.15 bits per heavy atom. The molecule has 0 atom stereocenters. The summed E-state index contributed by atoms with van der Waals surface area (Å²) < 4.78 is 14.8. The van der Waals surface area contributed by atoms with Gasteiger partial charge in [-0.05, 0) is 31.0 Å². The number of rotatable bonds is 5. The molecule has 1 aliphatic rings. The van der Waals surface area contributed by atoms with Gasteiger partial charge in [-0.2, -0.15) is 9.78 Å². The van der Waals surface area contributed by atoms with Gasteiger partial charge in [0.15, 0.2) is 0 Å². The lowest BCUT2D eigenvalue weighted by Gasteiger charge is -2.33. The minimum atomic E-state index is -0.978. The van der Waals surface area contributed by atoms with Crippen molar-refractivity contribution in [1.82, 2.24) is 15.1 Å². The fraction of sp³-hybridized carbons (Fsp3) is 0.368. The van der Waals surface area contributed by atoms with E-state index in [0.29, 0.717) is 12.8 Å². The smallest absolute Gasteiger partial charge is 0.311 e. The highest BCUT2D eigenvalue weighted by Crippen LogP contribution is 2.36. The van der Waals surface area contributed by atoms with Crippen molar-refractivity contribution in [2.75, 3.05) is 6.54 Å². The lowest BCUT2D eigenvalue weighted by atomic mass is 9.74. The summed E-state index contributed by atoms with van der Waals surface area (Å²) in [5.41, 5.74) is -1.71. The van der Waals surface area contributed by atoms with E-state index in [9.17, 15) is 23.9 Å². The summed E-state index contributed by atoms with van der Waals surface area (Å²) in [6.45, 7) is -0.0122. The molecule has 1 fully saturated rings. The number of para-hydroxylation sites is 1. The van der Waals surface area contributed by atoms with Crippen molar-refractivity contribution >= 4 is 11.9 Å². The Balaban J connectivity index is 1.81. The summed E-state index contributed by atoms with van der Waals surface area (Å²) in [4.78, 5) is 36.2. The first-order chi connectivity index (χ1) is 12.9. The van der Waals surface area contributed by atoms with Gasteiger partial charge >= 0.3 is 5.97 Å². The molecular weight excluding hydrogens is 353 g/mol. The van der Waals surface area contributed by atoms with Crippen LogP contribution < -0.4 is 10.9 Å². The molecule has 0 spiro atoms. The summed E-state index contributed by atoms with van der Waals surface area (Å²) in [6, 6.07) is 7.98. The van der Waals surface area contributed by atoms with Gasteiger partial charge in [-0.1, -0.05) is 31.4 Å². The summed E-state index contributed by atoms with van der Waals surface area (Å²) in [5, 5.41) is 16.1. The van der Waals surface area contributed by atoms with E-state index in [-0.39, 0.29) is 17.9 Å². The summed E-state index contributed by atoms with van der Waals surface area (Å²) in [6.07, 6.45) is 3.60. The van der Waals surface area contributed by atoms with Crippen molar-refractivity contribution in [3.05, 3.63) is 58.3 Å². The van der Waals surface area contributed by atoms with Crippen LogP contribution in [0.15, 0.2) is 41.2 Å². The first-order valence-corrected chi connectivity index (χ1v) is 8.80. The van der Waals surface area contributed by atoms with E-state index in [4.69, 9.17) is 0 Å². The molecule has 142 valence electrons. The fourth-order valence-corrected chi connectivity index (χ4v) is 3.36. The summed E-state index contributed by atoms with van der Waals surface area (Å²) in [7, 11) is 0. The van der Waals surface area contributed by atoms with Crippen molar-refractivity contribution in [1.29, 1.82) is 0 Å². The maximum Gasteiger partial charge on any atom is 0.311 e. The minimum absolute atomic E-state index is 0.0122. The van der Waals surface area contributed by atoms with Crippen molar-refractivity contribution in [3.8, 4) is 5.69 Å². The highest BCUT2D eigenvalue weighted by Gasteiger charge is 2.39. The molecule has 0 aliphatic heterocycles. The number of hydrogen-bond donors (Lipinski definition) is 2. The third kappa shape index (κ3) is 3.89. The van der Waals surface area contributed by atoms with Gasteiger partial charge in [0.05, 0.1) is 5.41 Å². The van der Waals surface area contributed by atoms with Crippen molar-refractivity contribution in [3.63, 3.8) is 0 Å². The lowest BCUT2D eigenvalue weighted by Crippen LogP contribution is -2.44. The van der Waals surface area contributed by atoms with Crippen LogP contribution in [0.3, 0.4) is 0 Å². The Hall–Kier alpha value is -3.03. The van der Waals surface area contributed by atoms with Gasteiger partial charge in [-0.25, -0.2) is 4.39 Å². The zero-order chi connectivity index (χ0) is 19.4. The van der Waals surface area contributed by atoms with Crippen molar-refractivity contribution in [2.45, 2.75) is 32.1 Å². The summed E-state index contributed by atoms with van der Waals surface area (Å²) in [5.74, 6) is -2.17. The van der Waals surface area contributed by atoms with E-state index in [1.165, 1.54) is 24.3 Å². The van der Waals surface area contributed by atoms with Crippen molar-refractivity contribution in [2.24, 2.45) is 5.41 Å². The number of benzene rings is 1. The van der Waals surface area contributed by atoms with E-state index < -0.39 is 28.7 Å². The largest absolute Gasteiger partial charge is 0.481 e. The second-order valence-corrected chi connectivity index (χ2v) is 6.75. The number of aromatic nitrogens is 2. The standard InChI is InChI=1S/C19H20FN3O4/c20-13-6-2-3-7-15(13)23-16(24)9-8-14(22-23)17(25)21-12-19(18(26)27)10-4-1-5-11-19/h2-3,6-9H,1,4-5,10-12H2,(H,21,25)(H,26,27). The molecule has 8 heteroatoms. The molecule has 0 radical (unpaired) electrons. The summed E-state index contributed by atoms with van der Waals surface area (Å²) >= 11 is 0. The van der Waals surface area contributed by atoms with Gasteiger partial charge < -0.3 is 10.4 Å². The lowest BCUT2D eigenvalue weighted by molar-refractivity contribution is -0.150. The third-order valence-corrected chi connectivity index (χ3v) is 4.97. The molecule has 1 aromatic heterocycles. The van der Waals surface area contributed by atoms with Crippen LogP contribution in [-0.4, -0.2) is 33.3 Å². The van der Waals surface area contributed by atoms with E-state index >= 15 is 0 Å².